The molecule has 0 spiro atoms. The van der Waals surface area contributed by atoms with E-state index in [2.05, 4.69) is 51.1 Å². The molecule has 1 aliphatic rings. The summed E-state index contributed by atoms with van der Waals surface area (Å²) in [5.41, 5.74) is 2.58. The smallest absolute Gasteiger partial charge is 0 e. The topological polar surface area (TPSA) is 68.9 Å². The molecule has 0 amide bonds. The molecule has 1 heterocycles. The van der Waals surface area contributed by atoms with Crippen LogP contribution in [-0.4, -0.2) is 12.0 Å². The summed E-state index contributed by atoms with van der Waals surface area (Å²) < 4.78 is 28.2. The number of hydrogen-bond acceptors (Lipinski definition) is 1. The molecule has 0 unspecified atom stereocenters. The monoisotopic (exact) mass is 346 g/mol. The molecule has 4 nitrogen and oxygen atoms in total. The third kappa shape index (κ3) is 9.72. The number of hydrogen-bond donors (Lipinski definition) is 0. The van der Waals surface area contributed by atoms with Crippen molar-refractivity contribution in [3.05, 3.63) is 55.3 Å². The Balaban J connectivity index is -0.000000414. The first-order valence-electron chi connectivity index (χ1n) is 5.70. The zero-order chi connectivity index (χ0) is 16.0. The minimum atomic E-state index is 0. The fourth-order valence-corrected chi connectivity index (χ4v) is 2.17. The first-order valence-corrected chi connectivity index (χ1v) is 6.13. The maximum absolute atomic E-state index is 7.50. The first kappa shape index (κ1) is 25.2. The molecule has 21 heavy (non-hydrogen) atoms. The number of halogens is 1. The number of aryl methyl sites for hydroxylation is 1. The van der Waals surface area contributed by atoms with Crippen LogP contribution in [0.4, 0.5) is 0 Å². The molecular weight excluding hydrogens is 332 g/mol. The standard InChI is InChI=1S/C12H15ClO.3CO.Cr/c1-9-4-2-3-5-11(9)12-8-10(13)6-7-14-12;3*1-2;/h2-5,10,12H,6-8H2,1H3;;;;/t10-,12+;;;;/m0..../s1. The van der Waals surface area contributed by atoms with Gasteiger partial charge >= 0.3 is 33.9 Å². The molecule has 2 atom stereocenters. The molecule has 1 fully saturated rings. The van der Waals surface area contributed by atoms with Crippen LogP contribution in [0.5, 0.6) is 0 Å². The van der Waals surface area contributed by atoms with Crippen molar-refractivity contribution in [1.82, 2.24) is 0 Å². The summed E-state index contributed by atoms with van der Waals surface area (Å²) in [6.45, 7) is 16.4. The molecule has 0 saturated carbocycles. The van der Waals surface area contributed by atoms with Gasteiger partial charge < -0.3 is 4.74 Å². The molecule has 0 bridgehead atoms. The Bertz CT molecular complexity index is 417. The SMILES string of the molecule is Cc1ccccc1[C@H]1C[C@@H](Cl)CCO1.[C-]#[O+].[C-]#[O+].[C-]#[O+].[Cr]. The van der Waals surface area contributed by atoms with Crippen LogP contribution in [0.3, 0.4) is 0 Å². The van der Waals surface area contributed by atoms with Gasteiger partial charge in [0.05, 0.1) is 6.10 Å². The molecule has 0 N–H and O–H groups in total. The van der Waals surface area contributed by atoms with E-state index >= 15 is 0 Å². The molecular formula is C15H15ClCrO4. The van der Waals surface area contributed by atoms with Crippen molar-refractivity contribution in [1.29, 1.82) is 0 Å². The minimum absolute atomic E-state index is 0. The Morgan fingerprint density at radius 1 is 1.10 bits per heavy atom. The summed E-state index contributed by atoms with van der Waals surface area (Å²) >= 11 is 6.13. The van der Waals surface area contributed by atoms with Gasteiger partial charge in [-0.15, -0.1) is 11.6 Å². The normalized spacial score (nSPS) is 18.7. The minimum Gasteiger partial charge on any atom is 0 e. The van der Waals surface area contributed by atoms with E-state index < -0.39 is 0 Å². The van der Waals surface area contributed by atoms with Gasteiger partial charge in [-0.3, -0.25) is 0 Å². The summed E-state index contributed by atoms with van der Waals surface area (Å²) in [5, 5.41) is 0.272. The first-order chi connectivity index (χ1) is 9.77. The molecule has 1 saturated heterocycles. The van der Waals surface area contributed by atoms with Crippen molar-refractivity contribution in [3.8, 4) is 0 Å². The van der Waals surface area contributed by atoms with Gasteiger partial charge in [0, 0.05) is 29.3 Å². The van der Waals surface area contributed by atoms with Gasteiger partial charge in [0.1, 0.15) is 0 Å². The second kappa shape index (κ2) is 17.3. The van der Waals surface area contributed by atoms with Gasteiger partial charge in [-0.1, -0.05) is 24.3 Å². The van der Waals surface area contributed by atoms with E-state index in [4.69, 9.17) is 30.3 Å². The van der Waals surface area contributed by atoms with E-state index in [0.717, 1.165) is 19.4 Å². The van der Waals surface area contributed by atoms with Crippen LogP contribution in [0.1, 0.15) is 30.1 Å². The van der Waals surface area contributed by atoms with Crippen molar-refractivity contribution in [2.24, 2.45) is 0 Å². The Kier molecular flexibility index (Phi) is 20.7. The number of rotatable bonds is 1. The van der Waals surface area contributed by atoms with Gasteiger partial charge in [0.25, 0.3) is 0 Å². The molecule has 0 aromatic heterocycles. The van der Waals surface area contributed by atoms with E-state index in [-0.39, 0.29) is 28.8 Å². The van der Waals surface area contributed by atoms with Gasteiger partial charge in [0.2, 0.25) is 0 Å². The predicted octanol–water partition coefficient (Wildman–Crippen LogP) is 3.34. The molecule has 0 aliphatic carbocycles. The van der Waals surface area contributed by atoms with E-state index in [1.807, 2.05) is 0 Å². The quantitative estimate of drug-likeness (QED) is 0.437. The Morgan fingerprint density at radius 2 is 1.62 bits per heavy atom. The number of ether oxygens (including phenoxy) is 1. The third-order valence-corrected chi connectivity index (χ3v) is 3.15. The van der Waals surface area contributed by atoms with Crippen LogP contribution in [0, 0.1) is 26.9 Å². The maximum Gasteiger partial charge on any atom is 0 e. The number of alkyl halides is 1. The van der Waals surface area contributed by atoms with E-state index in [0.29, 0.717) is 0 Å². The summed E-state index contributed by atoms with van der Waals surface area (Å²) in [6, 6.07) is 8.37. The van der Waals surface area contributed by atoms with Crippen molar-refractivity contribution < 1.29 is 36.1 Å². The van der Waals surface area contributed by atoms with Crippen molar-refractivity contribution in [2.75, 3.05) is 6.61 Å². The van der Waals surface area contributed by atoms with Crippen molar-refractivity contribution >= 4 is 11.6 Å². The average molecular weight is 347 g/mol. The van der Waals surface area contributed by atoms with E-state index in [1.54, 1.807) is 0 Å². The van der Waals surface area contributed by atoms with E-state index in [1.165, 1.54) is 11.1 Å². The van der Waals surface area contributed by atoms with Gasteiger partial charge in [-0.05, 0) is 30.9 Å². The van der Waals surface area contributed by atoms with Crippen molar-refractivity contribution in [3.63, 3.8) is 0 Å². The van der Waals surface area contributed by atoms with Crippen LogP contribution < -0.4 is 0 Å². The molecule has 0 radical (unpaired) electrons. The predicted molar refractivity (Wildman–Crippen MR) is 70.5 cm³/mol. The van der Waals surface area contributed by atoms with Crippen LogP contribution in [0.2, 0.25) is 0 Å². The summed E-state index contributed by atoms with van der Waals surface area (Å²) in [6.07, 6.45) is 2.11. The second-order valence-corrected chi connectivity index (χ2v) is 4.45. The Labute approximate surface area is 141 Å². The van der Waals surface area contributed by atoms with Crippen LogP contribution in [0.15, 0.2) is 24.3 Å². The zero-order valence-corrected chi connectivity index (χ0v) is 13.5. The summed E-state index contributed by atoms with van der Waals surface area (Å²) in [5.74, 6) is 0. The maximum atomic E-state index is 7.50. The van der Waals surface area contributed by atoms with Gasteiger partial charge in [-0.25, -0.2) is 0 Å². The average Bonchev–Trinajstić information content (AvgIpc) is 2.54. The van der Waals surface area contributed by atoms with Crippen LogP contribution in [-0.2, 0) is 36.1 Å². The molecule has 2 rings (SSSR count). The Hall–Kier alpha value is -0.778. The molecule has 6 heteroatoms. The van der Waals surface area contributed by atoms with Gasteiger partial charge in [-0.2, -0.15) is 0 Å². The third-order valence-electron chi connectivity index (χ3n) is 2.76. The molecule has 1 aliphatic heterocycles. The second-order valence-electron chi connectivity index (χ2n) is 3.84. The van der Waals surface area contributed by atoms with Crippen LogP contribution >= 0.6 is 11.6 Å². The molecule has 1 aromatic carbocycles. The zero-order valence-electron chi connectivity index (χ0n) is 11.5. The fraction of sp³-hybridized carbons (Fsp3) is 0.400. The van der Waals surface area contributed by atoms with E-state index in [9.17, 15) is 0 Å². The number of benzene rings is 1. The molecule has 1 aromatic rings. The molecule has 112 valence electrons. The van der Waals surface area contributed by atoms with Crippen molar-refractivity contribution in [2.45, 2.75) is 31.2 Å². The largest absolute Gasteiger partial charge is 0 e. The Morgan fingerprint density at radius 3 is 2.10 bits per heavy atom. The summed E-state index contributed by atoms with van der Waals surface area (Å²) in [7, 11) is 0. The van der Waals surface area contributed by atoms with Gasteiger partial charge in [0.15, 0.2) is 0 Å². The summed E-state index contributed by atoms with van der Waals surface area (Å²) in [4.78, 5) is 0. The fourth-order valence-electron chi connectivity index (χ4n) is 1.92. The van der Waals surface area contributed by atoms with Crippen LogP contribution in [0.25, 0.3) is 0 Å².